The Morgan fingerprint density at radius 2 is 2.05 bits per heavy atom. The summed E-state index contributed by atoms with van der Waals surface area (Å²) in [5.41, 5.74) is 0. The van der Waals surface area contributed by atoms with Crippen LogP contribution in [-0.2, 0) is 14.1 Å². The minimum atomic E-state index is -3.66. The summed E-state index contributed by atoms with van der Waals surface area (Å²) < 4.78 is 22.8. The number of halogens is 2. The Bertz CT molecular complexity index is 482. The van der Waals surface area contributed by atoms with Crippen LogP contribution in [0.15, 0.2) is 28.7 Å². The van der Waals surface area contributed by atoms with Gasteiger partial charge in [-0.05, 0) is 38.1 Å². The van der Waals surface area contributed by atoms with Gasteiger partial charge in [0.15, 0.2) is 0 Å². The smallest absolute Gasteiger partial charge is 0.409 e. The number of hydrogen-bond donors (Lipinski definition) is 1. The Morgan fingerprint density at radius 3 is 2.58 bits per heavy atom. The molecule has 19 heavy (non-hydrogen) atoms. The minimum Gasteiger partial charge on any atom is -0.465 e. The molecule has 2 atom stereocenters. The maximum atomic E-state index is 12.0. The van der Waals surface area contributed by atoms with E-state index in [2.05, 4.69) is 21.0 Å². The van der Waals surface area contributed by atoms with Crippen molar-refractivity contribution < 1.29 is 18.6 Å². The van der Waals surface area contributed by atoms with E-state index in [0.29, 0.717) is 5.75 Å². The van der Waals surface area contributed by atoms with Gasteiger partial charge in [-0.15, -0.1) is 0 Å². The van der Waals surface area contributed by atoms with E-state index in [1.54, 1.807) is 31.2 Å². The molecule has 0 amide bonds. The van der Waals surface area contributed by atoms with Crippen molar-refractivity contribution in [3.05, 3.63) is 28.7 Å². The molecule has 0 bridgehead atoms. The van der Waals surface area contributed by atoms with Crippen LogP contribution in [0.25, 0.3) is 0 Å². The highest BCUT2D eigenvalue weighted by Gasteiger charge is 2.27. The Balaban J connectivity index is 2.63. The van der Waals surface area contributed by atoms with Crippen LogP contribution in [0.5, 0.6) is 5.75 Å². The number of esters is 1. The third-order valence-corrected chi connectivity index (χ3v) is 4.19. The average Bonchev–Trinajstić information content (AvgIpc) is 2.31. The van der Waals surface area contributed by atoms with Gasteiger partial charge >= 0.3 is 12.8 Å². The van der Waals surface area contributed by atoms with Gasteiger partial charge in [-0.1, -0.05) is 15.9 Å². The maximum absolute atomic E-state index is 12.0. The summed E-state index contributed by atoms with van der Waals surface area (Å²) in [6.07, 6.45) is 0. The molecule has 1 aromatic rings. The third kappa shape index (κ3) is 5.95. The Kier molecular flexibility index (Phi) is 6.33. The number of benzene rings is 1. The first-order chi connectivity index (χ1) is 8.84. The van der Waals surface area contributed by atoms with Gasteiger partial charge in [0, 0.05) is 15.7 Å². The molecule has 106 valence electrons. The topological polar surface area (TPSA) is 64.6 Å². The third-order valence-electron chi connectivity index (χ3n) is 2.02. The number of hydrogen-bond acceptors (Lipinski definition) is 4. The largest absolute Gasteiger partial charge is 0.465 e. The molecule has 2 unspecified atom stereocenters. The van der Waals surface area contributed by atoms with Gasteiger partial charge in [-0.2, -0.15) is 0 Å². The van der Waals surface area contributed by atoms with Gasteiger partial charge in [0.1, 0.15) is 11.8 Å². The van der Waals surface area contributed by atoms with E-state index in [1.807, 2.05) is 0 Å². The van der Waals surface area contributed by atoms with Crippen molar-refractivity contribution in [3.63, 3.8) is 0 Å². The number of carbonyl (C=O) groups is 1. The van der Waals surface area contributed by atoms with Crippen LogP contribution >= 0.6 is 34.0 Å². The van der Waals surface area contributed by atoms with Gasteiger partial charge in [0.25, 0.3) is 0 Å². The predicted octanol–water partition coefficient (Wildman–Crippen LogP) is 3.72. The van der Waals surface area contributed by atoms with Gasteiger partial charge < -0.3 is 9.26 Å². The molecule has 0 saturated carbocycles. The van der Waals surface area contributed by atoms with Crippen molar-refractivity contribution in [1.82, 2.24) is 5.09 Å². The zero-order valence-corrected chi connectivity index (χ0v) is 13.7. The van der Waals surface area contributed by atoms with E-state index in [0.717, 1.165) is 4.47 Å². The standard InChI is InChI=1S/C11H14BrClNO4P/c1-3-17-11(15)8(2)14-19(13,16)18-10-6-4-9(12)5-7-10/h4-8H,3H2,1-2H3,(H,14,16). The molecule has 5 nitrogen and oxygen atoms in total. The van der Waals surface area contributed by atoms with Crippen LogP contribution < -0.4 is 9.61 Å². The fourth-order valence-corrected chi connectivity index (χ4v) is 3.16. The molecule has 8 heteroatoms. The second-order valence-corrected chi connectivity index (χ2v) is 7.28. The van der Waals surface area contributed by atoms with E-state index in [9.17, 15) is 9.36 Å². The van der Waals surface area contributed by atoms with Crippen LogP contribution in [0.3, 0.4) is 0 Å². The molecule has 0 heterocycles. The highest BCUT2D eigenvalue weighted by Crippen LogP contribution is 2.48. The lowest BCUT2D eigenvalue weighted by Crippen LogP contribution is -2.33. The molecule has 1 aromatic carbocycles. The molecule has 0 aliphatic rings. The molecule has 0 aromatic heterocycles. The molecule has 1 rings (SSSR count). The fourth-order valence-electron chi connectivity index (χ4n) is 1.21. The summed E-state index contributed by atoms with van der Waals surface area (Å²) in [5, 5.41) is 2.42. The number of nitrogens with one attached hydrogen (secondary N) is 1. The Morgan fingerprint density at radius 1 is 1.47 bits per heavy atom. The lowest BCUT2D eigenvalue weighted by Gasteiger charge is -2.17. The van der Waals surface area contributed by atoms with Crippen LogP contribution in [0.2, 0.25) is 0 Å². The number of ether oxygens (including phenoxy) is 1. The van der Waals surface area contributed by atoms with Crippen molar-refractivity contribution in [1.29, 1.82) is 0 Å². The first-order valence-electron chi connectivity index (χ1n) is 5.53. The summed E-state index contributed by atoms with van der Waals surface area (Å²) in [7, 11) is 0. The van der Waals surface area contributed by atoms with Crippen molar-refractivity contribution in [2.24, 2.45) is 0 Å². The molecule has 0 spiro atoms. The number of carbonyl (C=O) groups excluding carboxylic acids is 1. The molecule has 1 N–H and O–H groups in total. The van der Waals surface area contributed by atoms with E-state index >= 15 is 0 Å². The first kappa shape index (κ1) is 16.5. The fraction of sp³-hybridized carbons (Fsp3) is 0.364. The van der Waals surface area contributed by atoms with E-state index in [-0.39, 0.29) is 6.61 Å². The Labute approximate surface area is 125 Å². The first-order valence-corrected chi connectivity index (χ1v) is 8.85. The second kappa shape index (κ2) is 7.29. The normalized spacial score (nSPS) is 15.4. The van der Waals surface area contributed by atoms with Crippen LogP contribution in [0, 0.1) is 0 Å². The summed E-state index contributed by atoms with van der Waals surface area (Å²) >= 11 is 9.02. The maximum Gasteiger partial charge on any atom is 0.409 e. The van der Waals surface area contributed by atoms with E-state index in [4.69, 9.17) is 20.5 Å². The van der Waals surface area contributed by atoms with Crippen LogP contribution in [-0.4, -0.2) is 18.6 Å². The minimum absolute atomic E-state index is 0.241. The summed E-state index contributed by atoms with van der Waals surface area (Å²) in [6.45, 7) is -0.234. The average molecular weight is 371 g/mol. The molecule has 0 fully saturated rings. The van der Waals surface area contributed by atoms with Crippen molar-refractivity contribution in [2.75, 3.05) is 6.61 Å². The van der Waals surface area contributed by atoms with Gasteiger partial charge in [-0.25, -0.2) is 9.65 Å². The molecule has 0 aliphatic heterocycles. The SMILES string of the molecule is CCOC(=O)C(C)NP(=O)(Cl)Oc1ccc(Br)cc1. The zero-order valence-electron chi connectivity index (χ0n) is 10.4. The van der Waals surface area contributed by atoms with Crippen LogP contribution in [0.4, 0.5) is 0 Å². The van der Waals surface area contributed by atoms with E-state index < -0.39 is 18.9 Å². The van der Waals surface area contributed by atoms with E-state index in [1.165, 1.54) is 6.92 Å². The molecular formula is C11H14BrClNO4P. The lowest BCUT2D eigenvalue weighted by molar-refractivity contribution is -0.144. The predicted molar refractivity (Wildman–Crippen MR) is 77.5 cm³/mol. The molecule has 0 radical (unpaired) electrons. The molecule has 0 aliphatic carbocycles. The van der Waals surface area contributed by atoms with Crippen LogP contribution in [0.1, 0.15) is 13.8 Å². The zero-order chi connectivity index (χ0) is 14.5. The Hall–Kier alpha value is -0.550. The molecular weight excluding hydrogens is 356 g/mol. The quantitative estimate of drug-likeness (QED) is 0.611. The van der Waals surface area contributed by atoms with Gasteiger partial charge in [-0.3, -0.25) is 4.79 Å². The number of rotatable bonds is 6. The van der Waals surface area contributed by atoms with Crippen molar-refractivity contribution >= 4 is 40.0 Å². The molecule has 0 saturated heterocycles. The highest BCUT2D eigenvalue weighted by molar-refractivity contribution is 9.10. The monoisotopic (exact) mass is 369 g/mol. The summed E-state index contributed by atoms with van der Waals surface area (Å²) in [4.78, 5) is 11.4. The van der Waals surface area contributed by atoms with Crippen molar-refractivity contribution in [3.8, 4) is 5.75 Å². The summed E-state index contributed by atoms with van der Waals surface area (Å²) in [6, 6.07) is 5.84. The van der Waals surface area contributed by atoms with Crippen molar-refractivity contribution in [2.45, 2.75) is 19.9 Å². The van der Waals surface area contributed by atoms with Gasteiger partial charge in [0.2, 0.25) is 0 Å². The van der Waals surface area contributed by atoms with Gasteiger partial charge in [0.05, 0.1) is 6.61 Å². The second-order valence-electron chi connectivity index (χ2n) is 3.63. The highest BCUT2D eigenvalue weighted by atomic mass is 79.9. The lowest BCUT2D eigenvalue weighted by atomic mass is 10.3. The summed E-state index contributed by atoms with van der Waals surface area (Å²) in [5.74, 6) is -0.201.